The summed E-state index contributed by atoms with van der Waals surface area (Å²) in [4.78, 5) is 14.2. The van der Waals surface area contributed by atoms with E-state index in [9.17, 15) is 9.18 Å². The second-order valence-corrected chi connectivity index (χ2v) is 5.73. The molecule has 2 aromatic carbocycles. The van der Waals surface area contributed by atoms with Gasteiger partial charge in [-0.3, -0.25) is 5.32 Å². The zero-order chi connectivity index (χ0) is 17.8. The predicted octanol–water partition coefficient (Wildman–Crippen LogP) is 4.38. The molecular weight excluding hydrogens is 321 g/mol. The molecule has 0 saturated heterocycles. The van der Waals surface area contributed by atoms with Crippen LogP contribution in [0.25, 0.3) is 0 Å². The first kappa shape index (κ1) is 16.7. The lowest BCUT2D eigenvalue weighted by molar-refractivity contribution is 0.212. The van der Waals surface area contributed by atoms with Gasteiger partial charge < -0.3 is 9.42 Å². The van der Waals surface area contributed by atoms with Crippen molar-refractivity contribution in [1.29, 1.82) is 0 Å². The zero-order valence-corrected chi connectivity index (χ0v) is 13.9. The highest BCUT2D eigenvalue weighted by Gasteiger charge is 2.24. The van der Waals surface area contributed by atoms with Crippen molar-refractivity contribution in [2.45, 2.75) is 13.0 Å². The first-order chi connectivity index (χ1) is 12.0. The van der Waals surface area contributed by atoms with E-state index in [-0.39, 0.29) is 17.9 Å². The van der Waals surface area contributed by atoms with E-state index in [4.69, 9.17) is 4.52 Å². The fraction of sp³-hybridized carbons (Fsp3) is 0.158. The predicted molar refractivity (Wildman–Crippen MR) is 92.7 cm³/mol. The zero-order valence-electron chi connectivity index (χ0n) is 13.9. The molecule has 0 aliphatic carbocycles. The summed E-state index contributed by atoms with van der Waals surface area (Å²) in [5, 5.41) is 6.47. The number of rotatable bonds is 4. The minimum atomic E-state index is -0.366. The van der Waals surface area contributed by atoms with Gasteiger partial charge in [0.05, 0.1) is 6.04 Å². The summed E-state index contributed by atoms with van der Waals surface area (Å²) in [6.45, 7) is 1.75. The molecule has 0 fully saturated rings. The fourth-order valence-electron chi connectivity index (χ4n) is 2.66. The molecule has 0 unspecified atom stereocenters. The fourth-order valence-corrected chi connectivity index (χ4v) is 2.66. The van der Waals surface area contributed by atoms with Crippen molar-refractivity contribution in [3.8, 4) is 0 Å². The number of nitrogens with one attached hydrogen (secondary N) is 1. The molecule has 1 aromatic heterocycles. The molecule has 5 nitrogen and oxygen atoms in total. The molecule has 1 N–H and O–H groups in total. The summed E-state index contributed by atoms with van der Waals surface area (Å²) in [6.07, 6.45) is 0. The Labute approximate surface area is 145 Å². The Balaban J connectivity index is 1.90. The van der Waals surface area contributed by atoms with Gasteiger partial charge in [-0.2, -0.15) is 0 Å². The summed E-state index contributed by atoms with van der Waals surface area (Å²) in [7, 11) is 1.68. The number of aromatic nitrogens is 1. The number of amides is 2. The van der Waals surface area contributed by atoms with E-state index < -0.39 is 0 Å². The van der Waals surface area contributed by atoms with Gasteiger partial charge in [-0.15, -0.1) is 0 Å². The van der Waals surface area contributed by atoms with Gasteiger partial charge in [0.15, 0.2) is 5.82 Å². The van der Waals surface area contributed by atoms with Crippen LogP contribution in [-0.4, -0.2) is 23.1 Å². The molecule has 0 aliphatic rings. The van der Waals surface area contributed by atoms with Crippen molar-refractivity contribution >= 4 is 11.8 Å². The van der Waals surface area contributed by atoms with Gasteiger partial charge >= 0.3 is 6.03 Å². The summed E-state index contributed by atoms with van der Waals surface area (Å²) >= 11 is 0. The molecule has 0 saturated carbocycles. The molecule has 1 heterocycles. The molecule has 3 aromatic rings. The van der Waals surface area contributed by atoms with Gasteiger partial charge in [0.1, 0.15) is 11.6 Å². The third kappa shape index (κ3) is 3.85. The Kier molecular flexibility index (Phi) is 4.79. The van der Waals surface area contributed by atoms with E-state index in [1.807, 2.05) is 30.3 Å². The Morgan fingerprint density at radius 1 is 1.12 bits per heavy atom. The maximum Gasteiger partial charge on any atom is 0.323 e. The highest BCUT2D eigenvalue weighted by Crippen LogP contribution is 2.28. The SMILES string of the molecule is Cc1cc(NC(=O)N(C)[C@@H](c2ccccc2)c2ccc(F)cc2)no1. The van der Waals surface area contributed by atoms with Gasteiger partial charge in [-0.25, -0.2) is 9.18 Å². The molecule has 2 amide bonds. The van der Waals surface area contributed by atoms with Crippen LogP contribution >= 0.6 is 0 Å². The Morgan fingerprint density at radius 3 is 2.36 bits per heavy atom. The normalized spacial score (nSPS) is 11.8. The number of halogens is 1. The summed E-state index contributed by atoms with van der Waals surface area (Å²) in [6, 6.07) is 16.6. The molecule has 0 radical (unpaired) electrons. The second kappa shape index (κ2) is 7.17. The van der Waals surface area contributed by atoms with Crippen LogP contribution < -0.4 is 5.32 Å². The first-order valence-electron chi connectivity index (χ1n) is 7.82. The summed E-state index contributed by atoms with van der Waals surface area (Å²) in [5.74, 6) is 0.636. The van der Waals surface area contributed by atoms with E-state index in [1.165, 1.54) is 12.1 Å². The van der Waals surface area contributed by atoms with Crippen molar-refractivity contribution in [1.82, 2.24) is 10.1 Å². The Bertz CT molecular complexity index is 847. The van der Waals surface area contributed by atoms with E-state index in [0.29, 0.717) is 11.6 Å². The Morgan fingerprint density at radius 2 is 1.76 bits per heavy atom. The average molecular weight is 339 g/mol. The van der Waals surface area contributed by atoms with Crippen LogP contribution in [0.1, 0.15) is 22.9 Å². The first-order valence-corrected chi connectivity index (χ1v) is 7.82. The number of aryl methyl sites for hydroxylation is 1. The van der Waals surface area contributed by atoms with Crippen molar-refractivity contribution in [3.63, 3.8) is 0 Å². The van der Waals surface area contributed by atoms with Crippen LogP contribution in [0.3, 0.4) is 0 Å². The largest absolute Gasteiger partial charge is 0.360 e. The standard InChI is InChI=1S/C19H18FN3O2/c1-13-12-17(22-25-13)21-19(24)23(2)18(14-6-4-3-5-7-14)15-8-10-16(20)11-9-15/h3-12,18H,1-2H3,(H,21,22,24)/t18-/m0/s1. The van der Waals surface area contributed by atoms with Gasteiger partial charge in [-0.05, 0) is 30.2 Å². The van der Waals surface area contributed by atoms with E-state index in [0.717, 1.165) is 11.1 Å². The number of benzene rings is 2. The lowest BCUT2D eigenvalue weighted by atomic mass is 9.97. The minimum absolute atomic E-state index is 0.319. The molecular formula is C19H18FN3O2. The van der Waals surface area contributed by atoms with Crippen LogP contribution in [0.15, 0.2) is 65.2 Å². The summed E-state index contributed by atoms with van der Waals surface area (Å²) < 4.78 is 18.3. The smallest absolute Gasteiger partial charge is 0.323 e. The van der Waals surface area contributed by atoms with E-state index in [2.05, 4.69) is 10.5 Å². The number of carbonyl (C=O) groups is 1. The molecule has 1 atom stereocenters. The van der Waals surface area contributed by atoms with Crippen LogP contribution in [0.4, 0.5) is 15.0 Å². The Hall–Kier alpha value is -3.15. The number of anilines is 1. The van der Waals surface area contributed by atoms with E-state index >= 15 is 0 Å². The van der Waals surface area contributed by atoms with Crippen molar-refractivity contribution in [2.24, 2.45) is 0 Å². The highest BCUT2D eigenvalue weighted by molar-refractivity contribution is 5.88. The van der Waals surface area contributed by atoms with Gasteiger partial charge in [-0.1, -0.05) is 47.6 Å². The molecule has 128 valence electrons. The number of urea groups is 1. The number of carbonyl (C=O) groups excluding carboxylic acids is 1. The number of hydrogen-bond donors (Lipinski definition) is 1. The average Bonchev–Trinajstić information content (AvgIpc) is 3.02. The molecule has 0 aliphatic heterocycles. The topological polar surface area (TPSA) is 58.4 Å². The molecule has 0 bridgehead atoms. The quantitative estimate of drug-likeness (QED) is 0.767. The van der Waals surface area contributed by atoms with Gasteiger partial charge in [0.2, 0.25) is 0 Å². The highest BCUT2D eigenvalue weighted by atomic mass is 19.1. The number of hydrogen-bond acceptors (Lipinski definition) is 3. The lowest BCUT2D eigenvalue weighted by Crippen LogP contribution is -2.35. The molecule has 6 heteroatoms. The summed E-state index contributed by atoms with van der Waals surface area (Å²) in [5.41, 5.74) is 1.73. The van der Waals surface area contributed by atoms with Crippen molar-refractivity contribution in [2.75, 3.05) is 12.4 Å². The minimum Gasteiger partial charge on any atom is -0.360 e. The maximum absolute atomic E-state index is 13.3. The molecule has 3 rings (SSSR count). The molecule has 0 spiro atoms. The van der Waals surface area contributed by atoms with Gasteiger partial charge in [0, 0.05) is 13.1 Å². The van der Waals surface area contributed by atoms with Crippen LogP contribution in [-0.2, 0) is 0 Å². The van der Waals surface area contributed by atoms with Crippen molar-refractivity contribution in [3.05, 3.63) is 83.4 Å². The van der Waals surface area contributed by atoms with Gasteiger partial charge in [0.25, 0.3) is 0 Å². The van der Waals surface area contributed by atoms with Crippen molar-refractivity contribution < 1.29 is 13.7 Å². The maximum atomic E-state index is 13.3. The van der Waals surface area contributed by atoms with Crippen LogP contribution in [0.2, 0.25) is 0 Å². The second-order valence-electron chi connectivity index (χ2n) is 5.73. The van der Waals surface area contributed by atoms with Crippen LogP contribution in [0, 0.1) is 12.7 Å². The third-order valence-electron chi connectivity index (χ3n) is 3.87. The number of nitrogens with zero attached hydrogens (tertiary/aromatic N) is 2. The third-order valence-corrected chi connectivity index (χ3v) is 3.87. The monoisotopic (exact) mass is 339 g/mol. The van der Waals surface area contributed by atoms with E-state index in [1.54, 1.807) is 37.1 Å². The molecule has 25 heavy (non-hydrogen) atoms. The lowest BCUT2D eigenvalue weighted by Gasteiger charge is -2.29. The van der Waals surface area contributed by atoms with Crippen LogP contribution in [0.5, 0.6) is 0 Å².